The van der Waals surface area contributed by atoms with E-state index in [4.69, 9.17) is 5.11 Å². The van der Waals surface area contributed by atoms with Crippen LogP contribution in [-0.2, 0) is 0 Å². The van der Waals surface area contributed by atoms with Gasteiger partial charge in [0, 0.05) is 6.61 Å². The molecule has 0 aliphatic carbocycles. The first-order valence-electron chi connectivity index (χ1n) is 23.9. The molecule has 1 N–H and O–H groups in total. The summed E-state index contributed by atoms with van der Waals surface area (Å²) in [5.74, 6) is 0. The maximum atomic E-state index is 9.04. The molecule has 0 aliphatic rings. The van der Waals surface area contributed by atoms with Gasteiger partial charge in [-0.25, -0.2) is 0 Å². The molecule has 0 fully saturated rings. The number of unbranched alkanes of at least 4 members (excludes halogenated alkanes) is 35. The molecule has 0 unspecified atom stereocenters. The van der Waals surface area contributed by atoms with Crippen molar-refractivity contribution >= 4 is 0 Å². The van der Waals surface area contributed by atoms with Gasteiger partial charge < -0.3 is 5.11 Å². The highest BCUT2D eigenvalue weighted by Gasteiger charge is 2.28. The quantitative estimate of drug-likeness (QED) is 0.0631. The Hall–Kier alpha value is -0.0400. The summed E-state index contributed by atoms with van der Waals surface area (Å²) in [7, 11) is 0. The molecule has 1 nitrogen and oxygen atoms in total. The lowest BCUT2D eigenvalue weighted by Crippen LogP contribution is -2.21. The Balaban J connectivity index is 4.87. The molecule has 0 saturated carbocycles. The molecule has 0 amide bonds. The molecule has 0 aliphatic heterocycles. The van der Waals surface area contributed by atoms with Crippen molar-refractivity contribution in [1.82, 2.24) is 0 Å². The van der Waals surface area contributed by atoms with Gasteiger partial charge in [-0.3, -0.25) is 0 Å². The zero-order chi connectivity index (χ0) is 35.6. The first kappa shape index (κ1) is 49.0. The van der Waals surface area contributed by atoms with Gasteiger partial charge in [-0.05, 0) is 37.5 Å². The van der Waals surface area contributed by atoms with Crippen LogP contribution in [0.3, 0.4) is 0 Å². The maximum Gasteiger partial charge on any atom is 0.0431 e. The zero-order valence-corrected chi connectivity index (χ0v) is 35.1. The van der Waals surface area contributed by atoms with E-state index in [9.17, 15) is 0 Å². The van der Waals surface area contributed by atoms with Crippen molar-refractivity contribution in [3.63, 3.8) is 0 Å². The van der Waals surface area contributed by atoms with E-state index in [0.29, 0.717) is 12.0 Å². The highest BCUT2D eigenvalue weighted by molar-refractivity contribution is 4.80. The molecule has 0 atom stereocenters. The standard InChI is InChI=1S/C48H98O/c1-4-7-10-13-16-19-23-28-33-38-43-48(44-39-34-29-24-20-17-14-11-8-5-2,45-40-35-30-25-21-18-15-12-9-6-3)46-41-36-31-26-22-27-32-37-42-47-49/h49H,4-47H2,1-3H3. The largest absolute Gasteiger partial charge is 0.396 e. The lowest BCUT2D eigenvalue weighted by atomic mass is 9.70. The first-order chi connectivity index (χ1) is 24.2. The highest BCUT2D eigenvalue weighted by Crippen LogP contribution is 2.42. The minimum Gasteiger partial charge on any atom is -0.396 e. The smallest absolute Gasteiger partial charge is 0.0431 e. The van der Waals surface area contributed by atoms with E-state index in [1.54, 1.807) is 0 Å². The zero-order valence-electron chi connectivity index (χ0n) is 35.1. The van der Waals surface area contributed by atoms with Crippen LogP contribution >= 0.6 is 0 Å². The van der Waals surface area contributed by atoms with E-state index in [1.165, 1.54) is 270 Å². The van der Waals surface area contributed by atoms with Gasteiger partial charge in [0.1, 0.15) is 0 Å². The summed E-state index contributed by atoms with van der Waals surface area (Å²) in [6.07, 6.45) is 62.2. The van der Waals surface area contributed by atoms with E-state index in [1.807, 2.05) is 0 Å². The lowest BCUT2D eigenvalue weighted by Gasteiger charge is -2.35. The molecule has 0 bridgehead atoms. The molecule has 0 aromatic heterocycles. The van der Waals surface area contributed by atoms with E-state index in [-0.39, 0.29) is 0 Å². The van der Waals surface area contributed by atoms with Gasteiger partial charge in [0.2, 0.25) is 0 Å². The average Bonchev–Trinajstić information content (AvgIpc) is 3.11. The lowest BCUT2D eigenvalue weighted by molar-refractivity contribution is 0.171. The molecular formula is C48H98O. The molecule has 1 heteroatoms. The van der Waals surface area contributed by atoms with Crippen LogP contribution in [0.25, 0.3) is 0 Å². The van der Waals surface area contributed by atoms with E-state index < -0.39 is 0 Å². The highest BCUT2D eigenvalue weighted by atomic mass is 16.2. The molecule has 0 aromatic carbocycles. The summed E-state index contributed by atoms with van der Waals surface area (Å²) >= 11 is 0. The number of hydrogen-bond donors (Lipinski definition) is 1. The van der Waals surface area contributed by atoms with Crippen molar-refractivity contribution in [1.29, 1.82) is 0 Å². The average molecular weight is 691 g/mol. The van der Waals surface area contributed by atoms with Gasteiger partial charge in [-0.1, -0.05) is 265 Å². The predicted octanol–water partition coefficient (Wildman–Crippen LogP) is 17.8. The third-order valence-electron chi connectivity index (χ3n) is 12.0. The second kappa shape index (κ2) is 42.4. The van der Waals surface area contributed by atoms with Gasteiger partial charge in [0.25, 0.3) is 0 Å². The summed E-state index contributed by atoms with van der Waals surface area (Å²) in [5.41, 5.74) is 0.644. The predicted molar refractivity (Wildman–Crippen MR) is 225 cm³/mol. The van der Waals surface area contributed by atoms with E-state index >= 15 is 0 Å². The summed E-state index contributed by atoms with van der Waals surface area (Å²) in [4.78, 5) is 0. The van der Waals surface area contributed by atoms with Gasteiger partial charge in [-0.2, -0.15) is 0 Å². The Morgan fingerprint density at radius 3 is 0.571 bits per heavy atom. The van der Waals surface area contributed by atoms with Crippen LogP contribution in [0, 0.1) is 5.41 Å². The Kier molecular flexibility index (Phi) is 42.3. The van der Waals surface area contributed by atoms with Gasteiger partial charge in [-0.15, -0.1) is 0 Å². The normalized spacial score (nSPS) is 12.0. The summed E-state index contributed by atoms with van der Waals surface area (Å²) in [5, 5.41) is 9.04. The van der Waals surface area contributed by atoms with Crippen molar-refractivity contribution < 1.29 is 5.11 Å². The van der Waals surface area contributed by atoms with Gasteiger partial charge in [0.05, 0.1) is 0 Å². The SMILES string of the molecule is CCCCCCCCCCCCC(CCCCCCCCCCCC)(CCCCCCCCCCCC)CCCCCCCCCCCO. The van der Waals surface area contributed by atoms with E-state index in [0.717, 1.165) is 6.42 Å². The Morgan fingerprint density at radius 1 is 0.224 bits per heavy atom. The fraction of sp³-hybridized carbons (Fsp3) is 1.00. The molecule has 0 heterocycles. The number of aliphatic hydroxyl groups excluding tert-OH is 1. The number of hydrogen-bond acceptors (Lipinski definition) is 1. The monoisotopic (exact) mass is 691 g/mol. The summed E-state index contributed by atoms with van der Waals surface area (Å²) in [6.45, 7) is 7.37. The second-order valence-electron chi connectivity index (χ2n) is 17.0. The minimum atomic E-state index is 0.374. The van der Waals surface area contributed by atoms with Crippen molar-refractivity contribution in [3.8, 4) is 0 Å². The molecule has 0 aromatic rings. The van der Waals surface area contributed by atoms with Crippen LogP contribution in [0.5, 0.6) is 0 Å². The molecule has 0 radical (unpaired) electrons. The molecule has 0 spiro atoms. The van der Waals surface area contributed by atoms with Crippen LogP contribution in [0.15, 0.2) is 0 Å². The van der Waals surface area contributed by atoms with Crippen LogP contribution < -0.4 is 0 Å². The topological polar surface area (TPSA) is 20.2 Å². The second-order valence-corrected chi connectivity index (χ2v) is 17.0. The molecule has 0 rings (SSSR count). The van der Waals surface area contributed by atoms with Crippen LogP contribution in [0.1, 0.15) is 297 Å². The van der Waals surface area contributed by atoms with Crippen LogP contribution in [0.2, 0.25) is 0 Å². The van der Waals surface area contributed by atoms with Crippen molar-refractivity contribution in [2.75, 3.05) is 6.61 Å². The molecule has 0 saturated heterocycles. The molecular weight excluding hydrogens is 593 g/mol. The van der Waals surface area contributed by atoms with Gasteiger partial charge in [0.15, 0.2) is 0 Å². The Morgan fingerprint density at radius 2 is 0.388 bits per heavy atom. The van der Waals surface area contributed by atoms with Crippen LogP contribution in [-0.4, -0.2) is 11.7 Å². The molecule has 296 valence electrons. The summed E-state index contributed by atoms with van der Waals surface area (Å²) in [6, 6.07) is 0. The van der Waals surface area contributed by atoms with Crippen LogP contribution in [0.4, 0.5) is 0 Å². The first-order valence-corrected chi connectivity index (χ1v) is 23.9. The van der Waals surface area contributed by atoms with Crippen molar-refractivity contribution in [2.24, 2.45) is 5.41 Å². The number of rotatable bonds is 44. The molecule has 49 heavy (non-hydrogen) atoms. The Labute approximate surface area is 313 Å². The van der Waals surface area contributed by atoms with Crippen molar-refractivity contribution in [2.45, 2.75) is 297 Å². The Bertz CT molecular complexity index is 468. The van der Waals surface area contributed by atoms with Gasteiger partial charge >= 0.3 is 0 Å². The summed E-state index contributed by atoms with van der Waals surface area (Å²) < 4.78 is 0. The van der Waals surface area contributed by atoms with E-state index in [2.05, 4.69) is 20.8 Å². The fourth-order valence-electron chi connectivity index (χ4n) is 8.56. The minimum absolute atomic E-state index is 0.374. The van der Waals surface area contributed by atoms with Crippen molar-refractivity contribution in [3.05, 3.63) is 0 Å². The fourth-order valence-corrected chi connectivity index (χ4v) is 8.56. The number of aliphatic hydroxyl groups is 1. The maximum absolute atomic E-state index is 9.04. The third kappa shape index (κ3) is 37.5. The third-order valence-corrected chi connectivity index (χ3v) is 12.0.